The fourth-order valence-corrected chi connectivity index (χ4v) is 3.59. The van der Waals surface area contributed by atoms with Gasteiger partial charge in [-0.05, 0) is 23.8 Å². The lowest BCUT2D eigenvalue weighted by atomic mass is 9.73. The van der Waals surface area contributed by atoms with Gasteiger partial charge >= 0.3 is 0 Å². The number of likely N-dealkylation sites (tertiary alicyclic amines) is 1. The summed E-state index contributed by atoms with van der Waals surface area (Å²) >= 11 is 0. The van der Waals surface area contributed by atoms with Gasteiger partial charge in [-0.2, -0.15) is 0 Å². The van der Waals surface area contributed by atoms with Crippen LogP contribution in [0.5, 0.6) is 0 Å². The molecule has 0 aromatic heterocycles. The number of anilines is 1. The molecule has 1 fully saturated rings. The van der Waals surface area contributed by atoms with Gasteiger partial charge in [-0.1, -0.05) is 30.3 Å². The van der Waals surface area contributed by atoms with Crippen LogP contribution in [-0.4, -0.2) is 40.8 Å². The molecule has 26 heavy (non-hydrogen) atoms. The van der Waals surface area contributed by atoms with E-state index in [0.29, 0.717) is 4.90 Å². The van der Waals surface area contributed by atoms with Gasteiger partial charge in [-0.25, -0.2) is 4.39 Å². The lowest BCUT2D eigenvalue weighted by Crippen LogP contribution is -2.52. The van der Waals surface area contributed by atoms with Crippen LogP contribution in [-0.2, 0) is 15.1 Å². The van der Waals surface area contributed by atoms with Crippen molar-refractivity contribution < 1.29 is 25.3 Å². The molecule has 0 aliphatic carbocycles. The highest BCUT2D eigenvalue weighted by molar-refractivity contribution is 6.19. The van der Waals surface area contributed by atoms with Crippen molar-refractivity contribution in [3.05, 3.63) is 65.5 Å². The summed E-state index contributed by atoms with van der Waals surface area (Å²) in [6, 6.07) is 11.4. The summed E-state index contributed by atoms with van der Waals surface area (Å²) in [6.07, 6.45) is -2.06. The molecule has 7 heteroatoms. The largest absolute Gasteiger partial charge is 0.382 e. The topological polar surface area (TPSA) is 86.7 Å². The fourth-order valence-electron chi connectivity index (χ4n) is 3.59. The highest BCUT2D eigenvalue weighted by Crippen LogP contribution is 2.47. The minimum absolute atomic E-state index is 0.0777. The number of carbonyl (C=O) groups is 3. The number of ketones is 1. The Labute approximate surface area is 149 Å². The van der Waals surface area contributed by atoms with Crippen LogP contribution in [0.25, 0.3) is 0 Å². The van der Waals surface area contributed by atoms with Gasteiger partial charge in [-0.15, -0.1) is 0 Å². The Morgan fingerprint density at radius 3 is 2.46 bits per heavy atom. The van der Waals surface area contributed by atoms with E-state index in [1.165, 1.54) is 18.2 Å². The molecule has 2 amide bonds. The van der Waals surface area contributed by atoms with Crippen molar-refractivity contribution in [1.82, 2.24) is 4.90 Å². The number of benzene rings is 2. The number of rotatable bonds is 2. The van der Waals surface area contributed by atoms with Crippen LogP contribution in [0, 0.1) is 11.7 Å². The number of hydrogen-bond acceptors (Lipinski definition) is 5. The van der Waals surface area contributed by atoms with Gasteiger partial charge in [0.1, 0.15) is 23.4 Å². The molecule has 3 atom stereocenters. The zero-order chi connectivity index (χ0) is 19.6. The van der Waals surface area contributed by atoms with Crippen molar-refractivity contribution in [3.8, 4) is 0 Å². The number of amides is 2. The second-order valence-corrected chi connectivity index (χ2v) is 6.28. The van der Waals surface area contributed by atoms with E-state index < -0.39 is 41.0 Å². The number of carbonyl (C=O) groups excluding carboxylic acids is 3. The normalized spacial score (nSPS) is 31.0. The quantitative estimate of drug-likeness (QED) is 0.793. The Bertz CT molecular complexity index is 998. The van der Waals surface area contributed by atoms with Crippen LogP contribution in [0.2, 0.25) is 0 Å². The molecule has 2 aliphatic heterocycles. The third-order valence-electron chi connectivity index (χ3n) is 4.87. The molecule has 0 radical (unpaired) electrons. The smallest absolute Gasteiger partial charge is 0.258 e. The van der Waals surface area contributed by atoms with E-state index in [1.807, 2.05) is 0 Å². The number of halogens is 1. The van der Waals surface area contributed by atoms with E-state index in [0.717, 1.165) is 19.2 Å². The molecule has 6 nitrogen and oxygen atoms in total. The van der Waals surface area contributed by atoms with Crippen molar-refractivity contribution in [2.45, 2.75) is 11.6 Å². The van der Waals surface area contributed by atoms with Crippen LogP contribution in [0.15, 0.2) is 48.5 Å². The Kier molecular flexibility index (Phi) is 3.20. The molecular formula is C19H15FN2O4. The highest BCUT2D eigenvalue weighted by atomic mass is 19.1. The van der Waals surface area contributed by atoms with Gasteiger partial charge in [0.2, 0.25) is 5.91 Å². The van der Waals surface area contributed by atoms with E-state index in [2.05, 4.69) is 5.32 Å². The van der Waals surface area contributed by atoms with Crippen LogP contribution < -0.4 is 5.32 Å². The van der Waals surface area contributed by atoms with E-state index in [4.69, 9.17) is 1.37 Å². The van der Waals surface area contributed by atoms with E-state index in [9.17, 15) is 23.9 Å². The lowest BCUT2D eigenvalue weighted by molar-refractivity contribution is -0.139. The SMILES string of the molecule is [2H]C1(C2(c3ccccc3)Nc3cc(F)ccc3C2=O)C(=O)N(C)C(=O)C1O. The Balaban J connectivity index is 2.03. The number of nitrogens with zero attached hydrogens (tertiary/aromatic N) is 1. The summed E-state index contributed by atoms with van der Waals surface area (Å²) in [5.74, 6) is -5.84. The van der Waals surface area contributed by atoms with Crippen LogP contribution >= 0.6 is 0 Å². The lowest BCUT2D eigenvalue weighted by Gasteiger charge is -2.34. The number of imide groups is 1. The number of nitrogens with one attached hydrogen (secondary N) is 1. The number of Topliss-reactive ketones (excluding diaryl/α,β-unsaturated/α-hetero) is 1. The van der Waals surface area contributed by atoms with Gasteiger partial charge in [0.05, 0.1) is 0 Å². The third-order valence-corrected chi connectivity index (χ3v) is 4.87. The zero-order valence-electron chi connectivity index (χ0n) is 14.7. The second-order valence-electron chi connectivity index (χ2n) is 6.28. The number of aliphatic hydroxyl groups is 1. The molecule has 2 aromatic carbocycles. The molecule has 0 bridgehead atoms. The molecule has 0 saturated carbocycles. The van der Waals surface area contributed by atoms with Crippen molar-refractivity contribution in [2.75, 3.05) is 12.4 Å². The molecular weight excluding hydrogens is 339 g/mol. The molecule has 1 saturated heterocycles. The number of likely N-dealkylation sites (N-methyl/N-ethyl adjacent to an activating group) is 1. The molecule has 2 N–H and O–H groups in total. The molecule has 4 rings (SSSR count). The summed E-state index contributed by atoms with van der Waals surface area (Å²) in [5, 5.41) is 13.3. The standard InChI is InChI=1S/C19H15FN2O4/c1-22-17(25)14(15(23)18(22)26)19(10-5-3-2-4-6-10)16(24)12-8-7-11(20)9-13(12)21-19/h2-9,14-15,21,23H,1H3/i14D. The maximum absolute atomic E-state index is 13.7. The van der Waals surface area contributed by atoms with Crippen LogP contribution in [0.1, 0.15) is 17.3 Å². The Morgan fingerprint density at radius 2 is 1.85 bits per heavy atom. The van der Waals surface area contributed by atoms with Gasteiger partial charge < -0.3 is 10.4 Å². The average molecular weight is 355 g/mol. The first-order chi connectivity index (χ1) is 12.7. The summed E-state index contributed by atoms with van der Waals surface area (Å²) < 4.78 is 22.6. The van der Waals surface area contributed by atoms with Gasteiger partial charge in [-0.3, -0.25) is 19.3 Å². The summed E-state index contributed by atoms with van der Waals surface area (Å²) in [6.45, 7) is 0. The summed E-state index contributed by atoms with van der Waals surface area (Å²) in [4.78, 5) is 39.2. The van der Waals surface area contributed by atoms with Crippen molar-refractivity contribution in [3.63, 3.8) is 0 Å². The van der Waals surface area contributed by atoms with Crippen molar-refractivity contribution in [2.24, 2.45) is 5.89 Å². The van der Waals surface area contributed by atoms with Gasteiger partial charge in [0, 0.05) is 19.7 Å². The maximum Gasteiger partial charge on any atom is 0.258 e. The summed E-state index contributed by atoms with van der Waals surface area (Å²) in [7, 11) is 1.15. The third kappa shape index (κ3) is 1.97. The first-order valence-corrected chi connectivity index (χ1v) is 7.93. The fraction of sp³-hybridized carbons (Fsp3) is 0.211. The van der Waals surface area contributed by atoms with E-state index in [-0.39, 0.29) is 16.8 Å². The van der Waals surface area contributed by atoms with E-state index in [1.54, 1.807) is 18.2 Å². The number of fused-ring (bicyclic) bond motifs is 1. The minimum atomic E-state index is -2.56. The minimum Gasteiger partial charge on any atom is -0.382 e. The summed E-state index contributed by atoms with van der Waals surface area (Å²) in [5.41, 5.74) is -1.69. The first kappa shape index (κ1) is 15.2. The highest BCUT2D eigenvalue weighted by Gasteiger charge is 2.62. The average Bonchev–Trinajstić information content (AvgIpc) is 3.05. The number of hydrogen-bond donors (Lipinski definition) is 2. The van der Waals surface area contributed by atoms with Crippen molar-refractivity contribution in [1.29, 1.82) is 0 Å². The number of aliphatic hydroxyl groups excluding tert-OH is 1. The Hall–Kier alpha value is -3.06. The van der Waals surface area contributed by atoms with E-state index >= 15 is 0 Å². The molecule has 2 heterocycles. The predicted octanol–water partition coefficient (Wildman–Crippen LogP) is 1.31. The molecule has 2 aromatic rings. The molecule has 132 valence electrons. The molecule has 3 unspecified atom stereocenters. The van der Waals surface area contributed by atoms with Crippen LogP contribution in [0.3, 0.4) is 0 Å². The van der Waals surface area contributed by atoms with Gasteiger partial charge in [0.25, 0.3) is 5.91 Å². The molecule has 0 spiro atoms. The molecule has 2 aliphatic rings. The van der Waals surface area contributed by atoms with Crippen molar-refractivity contribution >= 4 is 23.3 Å². The second kappa shape index (κ2) is 5.47. The monoisotopic (exact) mass is 355 g/mol. The first-order valence-electron chi connectivity index (χ1n) is 8.43. The zero-order valence-corrected chi connectivity index (χ0v) is 13.7. The maximum atomic E-state index is 13.7. The van der Waals surface area contributed by atoms with Gasteiger partial charge in [0.15, 0.2) is 5.78 Å². The van der Waals surface area contributed by atoms with Crippen LogP contribution in [0.4, 0.5) is 10.1 Å². The predicted molar refractivity (Wildman–Crippen MR) is 89.7 cm³/mol. The Morgan fingerprint density at radius 1 is 1.15 bits per heavy atom.